The summed E-state index contributed by atoms with van der Waals surface area (Å²) in [4.78, 5) is 34.8. The van der Waals surface area contributed by atoms with Crippen molar-refractivity contribution in [2.24, 2.45) is 5.92 Å². The van der Waals surface area contributed by atoms with Crippen molar-refractivity contribution in [2.45, 2.75) is 142 Å². The topological polar surface area (TPSA) is 169 Å². The summed E-state index contributed by atoms with van der Waals surface area (Å²) in [7, 11) is -4.64. The SMILES string of the molecule is CC/C=C\C/C=C\CC(O)/C=C/C=C\C/C=C\C/C=C\CCC(=O)OC[C@H](COP(=O)(O)OC[C@@H](O)CO)OC(=O)CCCCCCCCCC(C)C. The molecule has 0 aliphatic rings. The van der Waals surface area contributed by atoms with E-state index in [2.05, 4.69) is 37.4 Å². The number of carbonyl (C=O) groups excluding carboxylic acids is 2. The van der Waals surface area contributed by atoms with Crippen LogP contribution in [0.1, 0.15) is 124 Å². The first-order valence-electron chi connectivity index (χ1n) is 19.4. The number of carbonyl (C=O) groups is 2. The van der Waals surface area contributed by atoms with Gasteiger partial charge in [-0.15, -0.1) is 0 Å². The maximum atomic E-state index is 12.5. The van der Waals surface area contributed by atoms with Crippen LogP contribution in [0.3, 0.4) is 0 Å². The number of hydrogen-bond donors (Lipinski definition) is 4. The molecule has 0 aromatic heterocycles. The third-order valence-corrected chi connectivity index (χ3v) is 8.60. The summed E-state index contributed by atoms with van der Waals surface area (Å²) < 4.78 is 32.4. The van der Waals surface area contributed by atoms with Crippen LogP contribution in [0.4, 0.5) is 0 Å². The summed E-state index contributed by atoms with van der Waals surface area (Å²) in [5.74, 6) is -0.340. The van der Waals surface area contributed by atoms with Gasteiger partial charge in [-0.1, -0.05) is 139 Å². The summed E-state index contributed by atoms with van der Waals surface area (Å²) in [5, 5.41) is 28.2. The van der Waals surface area contributed by atoms with Gasteiger partial charge in [0.05, 0.1) is 25.9 Å². The van der Waals surface area contributed by atoms with E-state index in [4.69, 9.17) is 19.1 Å². The number of unbranched alkanes of at least 4 members (excludes halogenated alkanes) is 6. The second kappa shape index (κ2) is 35.1. The van der Waals surface area contributed by atoms with Gasteiger partial charge in [-0.25, -0.2) is 4.57 Å². The second-order valence-corrected chi connectivity index (χ2v) is 14.7. The molecule has 2 unspecified atom stereocenters. The highest BCUT2D eigenvalue weighted by molar-refractivity contribution is 7.47. The van der Waals surface area contributed by atoms with E-state index in [1.807, 2.05) is 54.7 Å². The monoisotopic (exact) mass is 768 g/mol. The van der Waals surface area contributed by atoms with Crippen LogP contribution >= 0.6 is 7.82 Å². The Kier molecular flexibility index (Phi) is 33.4. The predicted molar refractivity (Wildman–Crippen MR) is 211 cm³/mol. The first kappa shape index (κ1) is 50.4. The Morgan fingerprint density at radius 1 is 0.698 bits per heavy atom. The van der Waals surface area contributed by atoms with E-state index in [1.165, 1.54) is 25.7 Å². The molecule has 0 rings (SSSR count). The standard InChI is InChI=1S/C41H69O11P/c1-4-5-6-7-18-23-28-37(43)29-24-19-14-10-8-9-11-15-20-25-30-40(45)49-34-39(35-51-53(47,48)50-33-38(44)32-42)52-41(46)31-26-21-16-12-13-17-22-27-36(2)3/h5-6,8-9,14-15,18-20,23-24,29,36-39,42-44H,4,7,10-13,16-17,21-22,25-28,30-35H2,1-3H3,(H,47,48)/b6-5-,9-8-,19-14-,20-15-,23-18-,29-24+/t37?,38-,39+/m0/s1. The summed E-state index contributed by atoms with van der Waals surface area (Å²) in [5.41, 5.74) is 0. The molecule has 11 nitrogen and oxygen atoms in total. The average molecular weight is 769 g/mol. The molecule has 4 atom stereocenters. The van der Waals surface area contributed by atoms with Crippen molar-refractivity contribution in [1.82, 2.24) is 0 Å². The number of aliphatic hydroxyl groups is 3. The Balaban J connectivity index is 4.53. The van der Waals surface area contributed by atoms with Gasteiger partial charge in [-0.3, -0.25) is 18.6 Å². The molecule has 0 amide bonds. The van der Waals surface area contributed by atoms with E-state index < -0.39 is 57.9 Å². The van der Waals surface area contributed by atoms with Crippen LogP contribution < -0.4 is 0 Å². The molecule has 0 saturated heterocycles. The van der Waals surface area contributed by atoms with Crippen molar-refractivity contribution in [3.8, 4) is 0 Å². The van der Waals surface area contributed by atoms with Crippen LogP contribution in [0.2, 0.25) is 0 Å². The number of aliphatic hydroxyl groups excluding tert-OH is 3. The van der Waals surface area contributed by atoms with E-state index in [1.54, 1.807) is 6.08 Å². The summed E-state index contributed by atoms with van der Waals surface area (Å²) in [6.45, 7) is 4.30. The third kappa shape index (κ3) is 36.1. The highest BCUT2D eigenvalue weighted by Gasteiger charge is 2.27. The van der Waals surface area contributed by atoms with Gasteiger partial charge in [-0.05, 0) is 50.9 Å². The van der Waals surface area contributed by atoms with Gasteiger partial charge in [0.1, 0.15) is 12.7 Å². The first-order chi connectivity index (χ1) is 25.5. The predicted octanol–water partition coefficient (Wildman–Crippen LogP) is 8.54. The van der Waals surface area contributed by atoms with Gasteiger partial charge in [0.2, 0.25) is 0 Å². The molecule has 53 heavy (non-hydrogen) atoms. The number of phosphoric ester groups is 1. The molecule has 304 valence electrons. The summed E-state index contributed by atoms with van der Waals surface area (Å²) >= 11 is 0. The van der Waals surface area contributed by atoms with Crippen molar-refractivity contribution >= 4 is 19.8 Å². The third-order valence-electron chi connectivity index (χ3n) is 7.65. The number of phosphoric acid groups is 1. The molecule has 0 bridgehead atoms. The Bertz CT molecular complexity index is 1140. The van der Waals surface area contributed by atoms with Crippen molar-refractivity contribution in [3.63, 3.8) is 0 Å². The van der Waals surface area contributed by atoms with Crippen LogP contribution in [-0.2, 0) is 32.7 Å². The number of allylic oxidation sites excluding steroid dienone is 10. The lowest BCUT2D eigenvalue weighted by Crippen LogP contribution is -2.29. The molecule has 0 aromatic rings. The fraction of sp³-hybridized carbons (Fsp3) is 0.659. The van der Waals surface area contributed by atoms with Gasteiger partial charge in [0.25, 0.3) is 0 Å². The lowest BCUT2D eigenvalue weighted by atomic mass is 10.0. The largest absolute Gasteiger partial charge is 0.472 e. The van der Waals surface area contributed by atoms with Crippen molar-refractivity contribution in [1.29, 1.82) is 0 Å². The molecule has 4 N–H and O–H groups in total. The molecule has 0 fully saturated rings. The summed E-state index contributed by atoms with van der Waals surface area (Å²) in [6, 6.07) is 0. The quantitative estimate of drug-likeness (QED) is 0.0163. The first-order valence-corrected chi connectivity index (χ1v) is 20.9. The Morgan fingerprint density at radius 3 is 1.98 bits per heavy atom. The zero-order chi connectivity index (χ0) is 39.4. The molecule has 0 radical (unpaired) electrons. The Labute approximate surface area is 319 Å². The maximum absolute atomic E-state index is 12.5. The van der Waals surface area contributed by atoms with Crippen molar-refractivity contribution in [3.05, 3.63) is 72.9 Å². The molecule has 0 spiro atoms. The molecule has 0 saturated carbocycles. The minimum atomic E-state index is -4.64. The number of rotatable bonds is 34. The van der Waals surface area contributed by atoms with Gasteiger partial charge < -0.3 is 29.7 Å². The highest BCUT2D eigenvalue weighted by Crippen LogP contribution is 2.43. The molecule has 0 aromatic carbocycles. The smallest absolute Gasteiger partial charge is 0.462 e. The molecule has 0 aliphatic heterocycles. The molecule has 0 aliphatic carbocycles. The van der Waals surface area contributed by atoms with Gasteiger partial charge in [0, 0.05) is 12.8 Å². The normalized spacial score (nSPS) is 15.5. The van der Waals surface area contributed by atoms with Crippen molar-refractivity contribution < 1.29 is 52.9 Å². The van der Waals surface area contributed by atoms with Crippen molar-refractivity contribution in [2.75, 3.05) is 26.4 Å². The second-order valence-electron chi connectivity index (χ2n) is 13.3. The van der Waals surface area contributed by atoms with Gasteiger partial charge in [0.15, 0.2) is 6.10 Å². The van der Waals surface area contributed by atoms with Gasteiger partial charge >= 0.3 is 19.8 Å². The number of ether oxygens (including phenoxy) is 2. The number of esters is 2. The zero-order valence-electron chi connectivity index (χ0n) is 32.5. The molecule has 12 heteroatoms. The fourth-order valence-corrected chi connectivity index (χ4v) is 5.43. The van der Waals surface area contributed by atoms with Crippen LogP contribution in [-0.4, -0.2) is 76.9 Å². The minimum absolute atomic E-state index is 0.0898. The lowest BCUT2D eigenvalue weighted by molar-refractivity contribution is -0.161. The Morgan fingerprint density at radius 2 is 1.30 bits per heavy atom. The molecular weight excluding hydrogens is 699 g/mol. The highest BCUT2D eigenvalue weighted by atomic mass is 31.2. The van der Waals surface area contributed by atoms with Crippen LogP contribution in [0.5, 0.6) is 0 Å². The van der Waals surface area contributed by atoms with E-state index >= 15 is 0 Å². The van der Waals surface area contributed by atoms with Crippen LogP contribution in [0, 0.1) is 5.92 Å². The zero-order valence-corrected chi connectivity index (χ0v) is 33.4. The van der Waals surface area contributed by atoms with Gasteiger partial charge in [-0.2, -0.15) is 0 Å². The minimum Gasteiger partial charge on any atom is -0.462 e. The summed E-state index contributed by atoms with van der Waals surface area (Å²) in [6.07, 6.45) is 33.7. The lowest BCUT2D eigenvalue weighted by Gasteiger charge is -2.20. The maximum Gasteiger partial charge on any atom is 0.472 e. The average Bonchev–Trinajstić information content (AvgIpc) is 3.12. The number of hydrogen-bond acceptors (Lipinski definition) is 10. The Hall–Kier alpha value is -2.63. The van der Waals surface area contributed by atoms with E-state index in [9.17, 15) is 29.3 Å². The van der Waals surface area contributed by atoms with E-state index in [0.29, 0.717) is 25.7 Å². The fourth-order valence-electron chi connectivity index (χ4n) is 4.64. The molecule has 0 heterocycles. The van der Waals surface area contributed by atoms with Crippen LogP contribution in [0.25, 0.3) is 0 Å². The molecular formula is C41H69O11P. The van der Waals surface area contributed by atoms with E-state index in [-0.39, 0.29) is 19.4 Å². The van der Waals surface area contributed by atoms with Crippen LogP contribution in [0.15, 0.2) is 72.9 Å². The van der Waals surface area contributed by atoms with E-state index in [0.717, 1.165) is 44.4 Å².